The summed E-state index contributed by atoms with van der Waals surface area (Å²) in [6.45, 7) is 3.29. The number of halogens is 1. The Balaban J connectivity index is 1.86. The van der Waals surface area contributed by atoms with E-state index in [-0.39, 0.29) is 24.3 Å². The fourth-order valence-corrected chi connectivity index (χ4v) is 2.51. The smallest absolute Gasteiger partial charge is 0.237 e. The second kappa shape index (κ2) is 6.66. The molecule has 0 radical (unpaired) electrons. The van der Waals surface area contributed by atoms with Crippen LogP contribution >= 0.6 is 0 Å². The molecule has 2 unspecified atom stereocenters. The van der Waals surface area contributed by atoms with Crippen molar-refractivity contribution in [1.29, 1.82) is 0 Å². The van der Waals surface area contributed by atoms with Gasteiger partial charge in [-0.15, -0.1) is 0 Å². The van der Waals surface area contributed by atoms with E-state index in [1.807, 2.05) is 0 Å². The predicted molar refractivity (Wildman–Crippen MR) is 73.1 cm³/mol. The molecular formula is C15H21FN2O. The van der Waals surface area contributed by atoms with Crippen molar-refractivity contribution in [2.24, 2.45) is 5.92 Å². The van der Waals surface area contributed by atoms with Crippen LogP contribution in [0.2, 0.25) is 0 Å². The molecule has 1 aliphatic rings. The molecule has 4 heteroatoms. The number of rotatable bonds is 4. The average Bonchev–Trinajstić information content (AvgIpc) is 2.46. The van der Waals surface area contributed by atoms with Crippen LogP contribution in [-0.4, -0.2) is 18.5 Å². The van der Waals surface area contributed by atoms with Crippen LogP contribution < -0.4 is 10.6 Å². The van der Waals surface area contributed by atoms with Gasteiger partial charge >= 0.3 is 0 Å². The standard InChI is InChI=1S/C15H21FN2O/c1-2-11-7-8-17-14(9-11)15(19)18-10-12-5-3-4-6-13(12)16/h3-6,11,14,17H,2,7-10H2,1H3,(H,18,19). The lowest BCUT2D eigenvalue weighted by Crippen LogP contribution is -2.48. The summed E-state index contributed by atoms with van der Waals surface area (Å²) in [5, 5.41) is 6.04. The lowest BCUT2D eigenvalue weighted by molar-refractivity contribution is -0.124. The Morgan fingerprint density at radius 2 is 2.26 bits per heavy atom. The van der Waals surface area contributed by atoms with E-state index >= 15 is 0 Å². The highest BCUT2D eigenvalue weighted by Gasteiger charge is 2.25. The summed E-state index contributed by atoms with van der Waals surface area (Å²) in [4.78, 5) is 12.0. The second-order valence-electron chi connectivity index (χ2n) is 5.11. The van der Waals surface area contributed by atoms with Gasteiger partial charge in [-0.25, -0.2) is 4.39 Å². The van der Waals surface area contributed by atoms with E-state index in [2.05, 4.69) is 17.6 Å². The fourth-order valence-electron chi connectivity index (χ4n) is 2.51. The average molecular weight is 264 g/mol. The van der Waals surface area contributed by atoms with E-state index in [0.29, 0.717) is 11.5 Å². The van der Waals surface area contributed by atoms with Gasteiger partial charge in [0.25, 0.3) is 0 Å². The lowest BCUT2D eigenvalue weighted by atomic mass is 9.90. The van der Waals surface area contributed by atoms with Gasteiger partial charge in [0.05, 0.1) is 6.04 Å². The first-order valence-corrected chi connectivity index (χ1v) is 6.95. The number of carbonyl (C=O) groups excluding carboxylic acids is 1. The van der Waals surface area contributed by atoms with Crippen molar-refractivity contribution in [1.82, 2.24) is 10.6 Å². The van der Waals surface area contributed by atoms with Gasteiger partial charge in [0.15, 0.2) is 0 Å². The molecule has 0 aliphatic carbocycles. The van der Waals surface area contributed by atoms with E-state index in [9.17, 15) is 9.18 Å². The molecule has 1 heterocycles. The monoisotopic (exact) mass is 264 g/mol. The van der Waals surface area contributed by atoms with Gasteiger partial charge in [0.2, 0.25) is 5.91 Å². The number of piperidine rings is 1. The lowest BCUT2D eigenvalue weighted by Gasteiger charge is -2.28. The maximum Gasteiger partial charge on any atom is 0.237 e. The van der Waals surface area contributed by atoms with Crippen LogP contribution in [0.15, 0.2) is 24.3 Å². The Hall–Kier alpha value is -1.42. The molecular weight excluding hydrogens is 243 g/mol. The van der Waals surface area contributed by atoms with E-state index in [1.54, 1.807) is 18.2 Å². The first kappa shape index (κ1) is 14.0. The highest BCUT2D eigenvalue weighted by Crippen LogP contribution is 2.19. The fraction of sp³-hybridized carbons (Fsp3) is 0.533. The molecule has 1 aromatic carbocycles. The molecule has 104 valence electrons. The van der Waals surface area contributed by atoms with E-state index in [4.69, 9.17) is 0 Å². The number of nitrogens with one attached hydrogen (secondary N) is 2. The van der Waals surface area contributed by atoms with Crippen molar-refractivity contribution in [2.45, 2.75) is 38.8 Å². The van der Waals surface area contributed by atoms with Gasteiger partial charge in [-0.3, -0.25) is 4.79 Å². The third-order valence-electron chi connectivity index (χ3n) is 3.82. The zero-order valence-corrected chi connectivity index (χ0v) is 11.3. The summed E-state index contributed by atoms with van der Waals surface area (Å²) in [5.41, 5.74) is 0.527. The maximum atomic E-state index is 13.4. The van der Waals surface area contributed by atoms with Crippen LogP contribution in [0.4, 0.5) is 4.39 Å². The molecule has 1 aromatic rings. The molecule has 1 fully saturated rings. The number of hydrogen-bond acceptors (Lipinski definition) is 2. The third-order valence-corrected chi connectivity index (χ3v) is 3.82. The largest absolute Gasteiger partial charge is 0.351 e. The number of hydrogen-bond donors (Lipinski definition) is 2. The van der Waals surface area contributed by atoms with Crippen molar-refractivity contribution >= 4 is 5.91 Å². The molecule has 2 atom stereocenters. The molecule has 2 N–H and O–H groups in total. The van der Waals surface area contributed by atoms with Crippen LogP contribution in [-0.2, 0) is 11.3 Å². The third kappa shape index (κ3) is 3.77. The van der Waals surface area contributed by atoms with Crippen LogP contribution in [0.3, 0.4) is 0 Å². The molecule has 1 amide bonds. The molecule has 0 spiro atoms. The van der Waals surface area contributed by atoms with Crippen molar-refractivity contribution in [3.8, 4) is 0 Å². The minimum absolute atomic E-state index is 0.0265. The van der Waals surface area contributed by atoms with Gasteiger partial charge in [-0.1, -0.05) is 31.5 Å². The van der Waals surface area contributed by atoms with Gasteiger partial charge in [-0.05, 0) is 31.4 Å². The summed E-state index contributed by atoms with van der Waals surface area (Å²) in [7, 11) is 0. The first-order valence-electron chi connectivity index (χ1n) is 6.95. The molecule has 1 aliphatic heterocycles. The summed E-state index contributed by atoms with van der Waals surface area (Å²) < 4.78 is 13.4. The van der Waals surface area contributed by atoms with Gasteiger partial charge in [-0.2, -0.15) is 0 Å². The van der Waals surface area contributed by atoms with Gasteiger partial charge < -0.3 is 10.6 Å². The molecule has 19 heavy (non-hydrogen) atoms. The van der Waals surface area contributed by atoms with Crippen LogP contribution in [0.25, 0.3) is 0 Å². The topological polar surface area (TPSA) is 41.1 Å². The SMILES string of the molecule is CCC1CCNC(C(=O)NCc2ccccc2F)C1. The predicted octanol–water partition coefficient (Wildman–Crippen LogP) is 2.22. The summed E-state index contributed by atoms with van der Waals surface area (Å²) in [6, 6.07) is 6.39. The van der Waals surface area contributed by atoms with Crippen molar-refractivity contribution in [3.05, 3.63) is 35.6 Å². The Labute approximate surface area is 113 Å². The molecule has 2 rings (SSSR count). The highest BCUT2D eigenvalue weighted by molar-refractivity contribution is 5.81. The molecule has 0 aromatic heterocycles. The van der Waals surface area contributed by atoms with E-state index in [1.165, 1.54) is 6.07 Å². The summed E-state index contributed by atoms with van der Waals surface area (Å²) in [5.74, 6) is 0.317. The highest BCUT2D eigenvalue weighted by atomic mass is 19.1. The van der Waals surface area contributed by atoms with Gasteiger partial charge in [0, 0.05) is 12.1 Å². The van der Waals surface area contributed by atoms with Crippen LogP contribution in [0.5, 0.6) is 0 Å². The summed E-state index contributed by atoms with van der Waals surface area (Å²) >= 11 is 0. The Kier molecular flexibility index (Phi) is 4.91. The molecule has 0 bridgehead atoms. The number of benzene rings is 1. The van der Waals surface area contributed by atoms with Crippen LogP contribution in [0, 0.1) is 11.7 Å². The second-order valence-corrected chi connectivity index (χ2v) is 5.11. The van der Waals surface area contributed by atoms with Crippen molar-refractivity contribution < 1.29 is 9.18 Å². The normalized spacial score (nSPS) is 23.1. The first-order chi connectivity index (χ1) is 9.20. The Bertz CT molecular complexity index is 436. The number of carbonyl (C=O) groups is 1. The maximum absolute atomic E-state index is 13.4. The minimum Gasteiger partial charge on any atom is -0.351 e. The zero-order valence-electron chi connectivity index (χ0n) is 11.3. The van der Waals surface area contributed by atoms with Crippen LogP contribution in [0.1, 0.15) is 31.7 Å². The number of amides is 1. The molecule has 0 saturated carbocycles. The van der Waals surface area contributed by atoms with E-state index in [0.717, 1.165) is 25.8 Å². The summed E-state index contributed by atoms with van der Waals surface area (Å²) in [6.07, 6.45) is 3.12. The zero-order chi connectivity index (χ0) is 13.7. The van der Waals surface area contributed by atoms with Crippen molar-refractivity contribution in [3.63, 3.8) is 0 Å². The Morgan fingerprint density at radius 3 is 3.00 bits per heavy atom. The van der Waals surface area contributed by atoms with Crippen molar-refractivity contribution in [2.75, 3.05) is 6.54 Å². The minimum atomic E-state index is -0.272. The van der Waals surface area contributed by atoms with Gasteiger partial charge in [0.1, 0.15) is 5.82 Å². The Morgan fingerprint density at radius 1 is 1.47 bits per heavy atom. The quantitative estimate of drug-likeness (QED) is 0.875. The molecule has 3 nitrogen and oxygen atoms in total. The van der Waals surface area contributed by atoms with E-state index < -0.39 is 0 Å². The molecule has 1 saturated heterocycles.